The maximum Gasteiger partial charge on any atom is 0.243 e. The zero-order chi connectivity index (χ0) is 15.9. The van der Waals surface area contributed by atoms with Gasteiger partial charge >= 0.3 is 0 Å². The number of sulfonamides is 1. The second-order valence-electron chi connectivity index (χ2n) is 7.01. The van der Waals surface area contributed by atoms with E-state index in [-0.39, 0.29) is 12.1 Å². The third-order valence-corrected chi connectivity index (χ3v) is 7.53. The van der Waals surface area contributed by atoms with Crippen LogP contribution >= 0.6 is 0 Å². The van der Waals surface area contributed by atoms with Gasteiger partial charge in [-0.05, 0) is 61.8 Å². The summed E-state index contributed by atoms with van der Waals surface area (Å²) in [5.41, 5.74) is 2.55. The first kappa shape index (κ1) is 15.6. The number of benzene rings is 1. The first-order valence-electron chi connectivity index (χ1n) is 8.91. The zero-order valence-electron chi connectivity index (χ0n) is 13.5. The van der Waals surface area contributed by atoms with Crippen molar-refractivity contribution in [2.75, 3.05) is 13.2 Å². The second kappa shape index (κ2) is 6.19. The molecule has 1 heterocycles. The third-order valence-electron chi connectivity index (χ3n) is 5.61. The minimum Gasteiger partial charge on any atom is -0.375 e. The first-order chi connectivity index (χ1) is 11.2. The van der Waals surface area contributed by atoms with Gasteiger partial charge in [-0.1, -0.05) is 18.9 Å². The van der Waals surface area contributed by atoms with E-state index in [4.69, 9.17) is 4.74 Å². The molecule has 0 N–H and O–H groups in total. The van der Waals surface area contributed by atoms with Crippen molar-refractivity contribution in [2.45, 2.75) is 68.4 Å². The van der Waals surface area contributed by atoms with Crippen molar-refractivity contribution >= 4 is 10.0 Å². The maximum atomic E-state index is 13.2. The Morgan fingerprint density at radius 3 is 2.65 bits per heavy atom. The van der Waals surface area contributed by atoms with Crippen LogP contribution in [0.15, 0.2) is 23.1 Å². The molecule has 1 saturated carbocycles. The van der Waals surface area contributed by atoms with Crippen molar-refractivity contribution in [1.29, 1.82) is 0 Å². The molecule has 23 heavy (non-hydrogen) atoms. The Labute approximate surface area is 138 Å². The SMILES string of the molecule is O=S(=O)(c1ccc2c(c1)CCCC2)N1CCOC2CCCCC21. The molecule has 0 radical (unpaired) electrons. The molecule has 0 bridgehead atoms. The number of ether oxygens (including phenoxy) is 1. The van der Waals surface area contributed by atoms with Crippen molar-refractivity contribution < 1.29 is 13.2 Å². The molecule has 5 heteroatoms. The molecular weight excluding hydrogens is 310 g/mol. The van der Waals surface area contributed by atoms with E-state index in [1.54, 1.807) is 4.31 Å². The Kier molecular flexibility index (Phi) is 4.20. The molecule has 2 unspecified atom stereocenters. The molecule has 1 aromatic carbocycles. The van der Waals surface area contributed by atoms with Gasteiger partial charge in [0, 0.05) is 6.54 Å². The number of nitrogens with zero attached hydrogens (tertiary/aromatic N) is 1. The molecule has 4 nitrogen and oxygen atoms in total. The van der Waals surface area contributed by atoms with Crippen molar-refractivity contribution in [1.82, 2.24) is 4.31 Å². The fourth-order valence-electron chi connectivity index (χ4n) is 4.37. The molecule has 1 aromatic rings. The number of rotatable bonds is 2. The summed E-state index contributed by atoms with van der Waals surface area (Å²) in [5.74, 6) is 0. The highest BCUT2D eigenvalue weighted by Crippen LogP contribution is 2.33. The Hall–Kier alpha value is -0.910. The molecule has 126 valence electrons. The monoisotopic (exact) mass is 335 g/mol. The molecule has 2 atom stereocenters. The summed E-state index contributed by atoms with van der Waals surface area (Å²) >= 11 is 0. The standard InChI is InChI=1S/C18H25NO3S/c20-23(21,16-10-9-14-5-1-2-6-15(14)13-16)19-11-12-22-18-8-4-3-7-17(18)19/h9-10,13,17-18H,1-8,11-12H2. The van der Waals surface area contributed by atoms with Crippen LogP contribution in [0.1, 0.15) is 49.7 Å². The minimum atomic E-state index is -3.41. The lowest BCUT2D eigenvalue weighted by Gasteiger charge is -2.42. The van der Waals surface area contributed by atoms with Gasteiger partial charge < -0.3 is 4.74 Å². The summed E-state index contributed by atoms with van der Waals surface area (Å²) in [5, 5.41) is 0. The molecule has 0 spiro atoms. The molecule has 2 fully saturated rings. The van der Waals surface area contributed by atoms with Gasteiger partial charge in [0.25, 0.3) is 0 Å². The van der Waals surface area contributed by atoms with Crippen molar-refractivity contribution in [2.24, 2.45) is 0 Å². The fraction of sp³-hybridized carbons (Fsp3) is 0.667. The highest BCUT2D eigenvalue weighted by molar-refractivity contribution is 7.89. The fourth-order valence-corrected chi connectivity index (χ4v) is 6.08. The van der Waals surface area contributed by atoms with Gasteiger partial charge in [0.1, 0.15) is 0 Å². The molecular formula is C18H25NO3S. The molecule has 3 aliphatic rings. The van der Waals surface area contributed by atoms with Crippen LogP contribution in [0.3, 0.4) is 0 Å². The molecule has 4 rings (SSSR count). The maximum absolute atomic E-state index is 13.2. The Balaban J connectivity index is 1.66. The van der Waals surface area contributed by atoms with E-state index in [0.717, 1.165) is 38.5 Å². The van der Waals surface area contributed by atoms with E-state index in [1.807, 2.05) is 18.2 Å². The van der Waals surface area contributed by atoms with E-state index in [9.17, 15) is 8.42 Å². The summed E-state index contributed by atoms with van der Waals surface area (Å²) < 4.78 is 34.0. The van der Waals surface area contributed by atoms with Gasteiger partial charge in [0.2, 0.25) is 10.0 Å². The van der Waals surface area contributed by atoms with Gasteiger partial charge in [0.15, 0.2) is 0 Å². The average Bonchev–Trinajstić information content (AvgIpc) is 2.60. The van der Waals surface area contributed by atoms with Crippen LogP contribution in [-0.2, 0) is 27.6 Å². The Morgan fingerprint density at radius 2 is 1.78 bits per heavy atom. The van der Waals surface area contributed by atoms with Crippen LogP contribution in [-0.4, -0.2) is 38.0 Å². The molecule has 1 saturated heterocycles. The number of hydrogen-bond acceptors (Lipinski definition) is 3. The first-order valence-corrected chi connectivity index (χ1v) is 10.4. The van der Waals surface area contributed by atoms with E-state index >= 15 is 0 Å². The van der Waals surface area contributed by atoms with Crippen LogP contribution in [0, 0.1) is 0 Å². The predicted molar refractivity (Wildman–Crippen MR) is 89.0 cm³/mol. The van der Waals surface area contributed by atoms with E-state index in [0.29, 0.717) is 18.0 Å². The van der Waals surface area contributed by atoms with Gasteiger partial charge in [0.05, 0.1) is 23.6 Å². The lowest BCUT2D eigenvalue weighted by atomic mass is 9.91. The summed E-state index contributed by atoms with van der Waals surface area (Å²) in [4.78, 5) is 0.476. The minimum absolute atomic E-state index is 0.0264. The van der Waals surface area contributed by atoms with Crippen LogP contribution in [0.2, 0.25) is 0 Å². The quantitative estimate of drug-likeness (QED) is 0.835. The van der Waals surface area contributed by atoms with Crippen molar-refractivity contribution in [3.05, 3.63) is 29.3 Å². The van der Waals surface area contributed by atoms with Crippen LogP contribution < -0.4 is 0 Å². The molecule has 0 aromatic heterocycles. The number of aryl methyl sites for hydroxylation is 2. The summed E-state index contributed by atoms with van der Waals surface area (Å²) in [6.45, 7) is 1.01. The smallest absolute Gasteiger partial charge is 0.243 e. The number of morpholine rings is 1. The van der Waals surface area contributed by atoms with Gasteiger partial charge in [-0.2, -0.15) is 4.31 Å². The van der Waals surface area contributed by atoms with E-state index in [1.165, 1.54) is 24.0 Å². The van der Waals surface area contributed by atoms with Crippen molar-refractivity contribution in [3.8, 4) is 0 Å². The Bertz CT molecular complexity index is 684. The predicted octanol–water partition coefficient (Wildman–Crippen LogP) is 2.90. The van der Waals surface area contributed by atoms with E-state index in [2.05, 4.69) is 0 Å². The van der Waals surface area contributed by atoms with Gasteiger partial charge in [-0.25, -0.2) is 8.42 Å². The largest absolute Gasteiger partial charge is 0.375 e. The molecule has 1 aliphatic heterocycles. The lowest BCUT2D eigenvalue weighted by Crippen LogP contribution is -2.54. The number of fused-ring (bicyclic) bond motifs is 2. The summed E-state index contributed by atoms with van der Waals surface area (Å²) in [6.07, 6.45) is 8.71. The topological polar surface area (TPSA) is 46.6 Å². The van der Waals surface area contributed by atoms with E-state index < -0.39 is 10.0 Å². The van der Waals surface area contributed by atoms with Crippen molar-refractivity contribution in [3.63, 3.8) is 0 Å². The summed E-state index contributed by atoms with van der Waals surface area (Å²) in [6, 6.07) is 5.79. The van der Waals surface area contributed by atoms with Gasteiger partial charge in [-0.15, -0.1) is 0 Å². The molecule has 0 amide bonds. The van der Waals surface area contributed by atoms with Crippen LogP contribution in [0.25, 0.3) is 0 Å². The zero-order valence-corrected chi connectivity index (χ0v) is 14.4. The van der Waals surface area contributed by atoms with Gasteiger partial charge in [-0.3, -0.25) is 0 Å². The van der Waals surface area contributed by atoms with Crippen LogP contribution in [0.4, 0.5) is 0 Å². The lowest BCUT2D eigenvalue weighted by molar-refractivity contribution is -0.0586. The van der Waals surface area contributed by atoms with Crippen LogP contribution in [0.5, 0.6) is 0 Å². The number of hydrogen-bond donors (Lipinski definition) is 0. The highest BCUT2D eigenvalue weighted by atomic mass is 32.2. The highest BCUT2D eigenvalue weighted by Gasteiger charge is 2.40. The third kappa shape index (κ3) is 2.83. The second-order valence-corrected chi connectivity index (χ2v) is 8.90. The summed E-state index contributed by atoms with van der Waals surface area (Å²) in [7, 11) is -3.41. The normalized spacial score (nSPS) is 28.9. The molecule has 2 aliphatic carbocycles. The average molecular weight is 335 g/mol. The Morgan fingerprint density at radius 1 is 1.00 bits per heavy atom.